The summed E-state index contributed by atoms with van der Waals surface area (Å²) >= 11 is 0. The number of para-hydroxylation sites is 1. The van der Waals surface area contributed by atoms with Crippen molar-refractivity contribution in [3.63, 3.8) is 0 Å². The minimum atomic E-state index is -0.186. The Hall–Kier alpha value is -3.41. The highest BCUT2D eigenvalue weighted by molar-refractivity contribution is 6.00. The second kappa shape index (κ2) is 10.6. The Labute approximate surface area is 183 Å². The zero-order valence-electron chi connectivity index (χ0n) is 18.5. The summed E-state index contributed by atoms with van der Waals surface area (Å²) in [5.74, 6) is -0.0643. The van der Waals surface area contributed by atoms with E-state index in [0.717, 1.165) is 16.8 Å². The van der Waals surface area contributed by atoms with Crippen molar-refractivity contribution in [3.05, 3.63) is 71.9 Å². The highest BCUT2D eigenvalue weighted by atomic mass is 16.2. The summed E-state index contributed by atoms with van der Waals surface area (Å²) in [5.41, 5.74) is 4.05. The normalized spacial score (nSPS) is 10.7. The first-order valence-electron chi connectivity index (χ1n) is 10.8. The van der Waals surface area contributed by atoms with Gasteiger partial charge in [0.15, 0.2) is 0 Å². The molecule has 0 aliphatic rings. The van der Waals surface area contributed by atoms with Crippen molar-refractivity contribution >= 4 is 11.8 Å². The Balaban J connectivity index is 1.76. The van der Waals surface area contributed by atoms with Crippen molar-refractivity contribution < 1.29 is 9.59 Å². The van der Waals surface area contributed by atoms with Crippen LogP contribution in [0.3, 0.4) is 0 Å². The molecule has 2 amide bonds. The molecule has 0 aliphatic heterocycles. The van der Waals surface area contributed by atoms with E-state index >= 15 is 0 Å². The molecule has 2 aromatic carbocycles. The standard InChI is InChI=1S/C25H30N4O2/c1-4-28(5-2)23(30)15-10-16-26-25(31)22-18-29(21-13-7-6-8-14-21)27-24(22)20-12-9-11-19(3)17-20/h6-9,11-14,17-18H,4-5,10,15-16H2,1-3H3,(H,26,31). The van der Waals surface area contributed by atoms with E-state index in [0.29, 0.717) is 43.7 Å². The van der Waals surface area contributed by atoms with Gasteiger partial charge in [0.2, 0.25) is 5.91 Å². The molecule has 0 bridgehead atoms. The van der Waals surface area contributed by atoms with E-state index < -0.39 is 0 Å². The van der Waals surface area contributed by atoms with Crippen LogP contribution in [0, 0.1) is 6.92 Å². The first-order chi connectivity index (χ1) is 15.0. The van der Waals surface area contributed by atoms with Gasteiger partial charge in [0, 0.05) is 37.8 Å². The maximum atomic E-state index is 13.0. The van der Waals surface area contributed by atoms with E-state index in [1.54, 1.807) is 10.9 Å². The van der Waals surface area contributed by atoms with Crippen molar-refractivity contribution in [2.45, 2.75) is 33.6 Å². The van der Waals surface area contributed by atoms with E-state index in [4.69, 9.17) is 5.10 Å². The maximum Gasteiger partial charge on any atom is 0.255 e. The Morgan fingerprint density at radius 2 is 1.77 bits per heavy atom. The lowest BCUT2D eigenvalue weighted by molar-refractivity contribution is -0.130. The summed E-state index contributed by atoms with van der Waals surface area (Å²) < 4.78 is 1.73. The minimum Gasteiger partial charge on any atom is -0.352 e. The van der Waals surface area contributed by atoms with Crippen molar-refractivity contribution in [3.8, 4) is 16.9 Å². The van der Waals surface area contributed by atoms with Crippen LogP contribution in [0.1, 0.15) is 42.6 Å². The second-order valence-corrected chi connectivity index (χ2v) is 7.47. The van der Waals surface area contributed by atoms with E-state index in [1.807, 2.05) is 80.3 Å². The molecule has 31 heavy (non-hydrogen) atoms. The molecule has 6 nitrogen and oxygen atoms in total. The van der Waals surface area contributed by atoms with E-state index in [-0.39, 0.29) is 11.8 Å². The Kier molecular flexibility index (Phi) is 7.60. The van der Waals surface area contributed by atoms with E-state index in [2.05, 4.69) is 5.32 Å². The molecule has 162 valence electrons. The van der Waals surface area contributed by atoms with Crippen molar-refractivity contribution in [2.24, 2.45) is 0 Å². The van der Waals surface area contributed by atoms with Crippen molar-refractivity contribution in [1.82, 2.24) is 20.0 Å². The SMILES string of the molecule is CCN(CC)C(=O)CCCNC(=O)c1cn(-c2ccccc2)nc1-c1cccc(C)c1. The molecule has 1 aromatic heterocycles. The molecule has 1 N–H and O–H groups in total. The smallest absolute Gasteiger partial charge is 0.255 e. The highest BCUT2D eigenvalue weighted by Crippen LogP contribution is 2.24. The first-order valence-corrected chi connectivity index (χ1v) is 10.8. The number of rotatable bonds is 9. The van der Waals surface area contributed by atoms with Crippen molar-refractivity contribution in [2.75, 3.05) is 19.6 Å². The van der Waals surface area contributed by atoms with Crippen LogP contribution < -0.4 is 5.32 Å². The largest absolute Gasteiger partial charge is 0.352 e. The minimum absolute atomic E-state index is 0.122. The molecule has 0 spiro atoms. The molecule has 0 saturated heterocycles. The molecule has 1 heterocycles. The van der Waals surface area contributed by atoms with Gasteiger partial charge in [-0.3, -0.25) is 9.59 Å². The predicted octanol–water partition coefficient (Wildman–Crippen LogP) is 4.23. The number of amides is 2. The van der Waals surface area contributed by atoms with Gasteiger partial charge in [-0.05, 0) is 45.4 Å². The number of nitrogens with one attached hydrogen (secondary N) is 1. The zero-order chi connectivity index (χ0) is 22.2. The van der Waals surface area contributed by atoms with Gasteiger partial charge in [-0.2, -0.15) is 5.10 Å². The highest BCUT2D eigenvalue weighted by Gasteiger charge is 2.19. The third-order valence-corrected chi connectivity index (χ3v) is 5.24. The molecule has 3 aromatic rings. The second-order valence-electron chi connectivity index (χ2n) is 7.47. The number of hydrogen-bond acceptors (Lipinski definition) is 3. The number of carbonyl (C=O) groups excluding carboxylic acids is 2. The fraction of sp³-hybridized carbons (Fsp3) is 0.320. The lowest BCUT2D eigenvalue weighted by atomic mass is 10.1. The van der Waals surface area contributed by atoms with E-state index in [9.17, 15) is 9.59 Å². The predicted molar refractivity (Wildman–Crippen MR) is 123 cm³/mol. The van der Waals surface area contributed by atoms with Crippen LogP contribution in [0.2, 0.25) is 0 Å². The van der Waals surface area contributed by atoms with Crippen LogP contribution in [0.25, 0.3) is 16.9 Å². The van der Waals surface area contributed by atoms with Gasteiger partial charge >= 0.3 is 0 Å². The van der Waals surface area contributed by atoms with Crippen LogP contribution in [0.5, 0.6) is 0 Å². The summed E-state index contributed by atoms with van der Waals surface area (Å²) in [4.78, 5) is 27.0. The van der Waals surface area contributed by atoms with Gasteiger partial charge in [-0.15, -0.1) is 0 Å². The number of aryl methyl sites for hydroxylation is 1. The summed E-state index contributed by atoms with van der Waals surface area (Å²) in [6, 6.07) is 17.7. The van der Waals surface area contributed by atoms with E-state index in [1.165, 1.54) is 0 Å². The third kappa shape index (κ3) is 5.60. The number of carbonyl (C=O) groups is 2. The molecular formula is C25H30N4O2. The average molecular weight is 419 g/mol. The fourth-order valence-corrected chi connectivity index (χ4v) is 3.53. The number of hydrogen-bond donors (Lipinski definition) is 1. The van der Waals surface area contributed by atoms with Gasteiger partial charge in [-0.1, -0.05) is 42.0 Å². The number of nitrogens with zero attached hydrogens (tertiary/aromatic N) is 3. The Morgan fingerprint density at radius 1 is 1.03 bits per heavy atom. The molecular weight excluding hydrogens is 388 g/mol. The fourth-order valence-electron chi connectivity index (χ4n) is 3.53. The molecule has 3 rings (SSSR count). The molecule has 0 saturated carbocycles. The summed E-state index contributed by atoms with van der Waals surface area (Å²) in [6.45, 7) is 7.82. The van der Waals surface area contributed by atoms with Crippen LogP contribution >= 0.6 is 0 Å². The van der Waals surface area contributed by atoms with Gasteiger partial charge in [0.25, 0.3) is 5.91 Å². The zero-order valence-corrected chi connectivity index (χ0v) is 18.5. The maximum absolute atomic E-state index is 13.0. The number of benzene rings is 2. The van der Waals surface area contributed by atoms with Crippen LogP contribution in [-0.4, -0.2) is 46.1 Å². The summed E-state index contributed by atoms with van der Waals surface area (Å²) in [7, 11) is 0. The van der Waals surface area contributed by atoms with Crippen molar-refractivity contribution in [1.29, 1.82) is 0 Å². The molecule has 0 aliphatic carbocycles. The Bertz CT molecular complexity index is 1020. The molecule has 6 heteroatoms. The lowest BCUT2D eigenvalue weighted by Gasteiger charge is -2.18. The average Bonchev–Trinajstić information content (AvgIpc) is 3.24. The first kappa shape index (κ1) is 22.3. The van der Waals surface area contributed by atoms with Crippen LogP contribution in [0.4, 0.5) is 0 Å². The van der Waals surface area contributed by atoms with Gasteiger partial charge in [-0.25, -0.2) is 4.68 Å². The quantitative estimate of drug-likeness (QED) is 0.529. The Morgan fingerprint density at radius 3 is 2.45 bits per heavy atom. The molecule has 0 atom stereocenters. The third-order valence-electron chi connectivity index (χ3n) is 5.24. The molecule has 0 radical (unpaired) electrons. The van der Waals surface area contributed by atoms with Crippen LogP contribution in [0.15, 0.2) is 60.8 Å². The van der Waals surface area contributed by atoms with Crippen LogP contribution in [-0.2, 0) is 4.79 Å². The molecule has 0 unspecified atom stereocenters. The van der Waals surface area contributed by atoms with Gasteiger partial charge in [0.1, 0.15) is 5.69 Å². The molecule has 0 fully saturated rings. The number of aromatic nitrogens is 2. The van der Waals surface area contributed by atoms with Gasteiger partial charge in [0.05, 0.1) is 11.3 Å². The lowest BCUT2D eigenvalue weighted by Crippen LogP contribution is -2.31. The monoisotopic (exact) mass is 418 g/mol. The topological polar surface area (TPSA) is 67.2 Å². The van der Waals surface area contributed by atoms with Gasteiger partial charge < -0.3 is 10.2 Å². The summed E-state index contributed by atoms with van der Waals surface area (Å²) in [6.07, 6.45) is 2.80. The summed E-state index contributed by atoms with van der Waals surface area (Å²) in [5, 5.41) is 7.67.